The van der Waals surface area contributed by atoms with Gasteiger partial charge in [-0.15, -0.1) is 0 Å². The molecule has 1 aliphatic rings. The first kappa shape index (κ1) is 15.8. The first-order valence-corrected chi connectivity index (χ1v) is 7.72. The van der Waals surface area contributed by atoms with E-state index in [-0.39, 0.29) is 5.91 Å². The number of hydrogen-bond acceptors (Lipinski definition) is 3. The lowest BCUT2D eigenvalue weighted by atomic mass is 10.0. The third-order valence-electron chi connectivity index (χ3n) is 4.01. The number of piperazine rings is 1. The van der Waals surface area contributed by atoms with E-state index >= 15 is 0 Å². The fourth-order valence-electron chi connectivity index (χ4n) is 2.59. The van der Waals surface area contributed by atoms with Gasteiger partial charge in [0.1, 0.15) is 5.75 Å². The van der Waals surface area contributed by atoms with Crippen molar-refractivity contribution in [2.75, 3.05) is 33.2 Å². The molecule has 0 saturated carbocycles. The van der Waals surface area contributed by atoms with Gasteiger partial charge in [0.25, 0.3) is 5.91 Å². The van der Waals surface area contributed by atoms with E-state index < -0.39 is 6.10 Å². The van der Waals surface area contributed by atoms with Crippen LogP contribution in [0.3, 0.4) is 0 Å². The Hall–Kier alpha value is -1.55. The largest absolute Gasteiger partial charge is 0.481 e. The van der Waals surface area contributed by atoms with E-state index in [1.54, 1.807) is 0 Å². The minimum atomic E-state index is -0.437. The summed E-state index contributed by atoms with van der Waals surface area (Å²) in [5.74, 6) is 1.29. The summed E-state index contributed by atoms with van der Waals surface area (Å²) in [7, 11) is 2.08. The molecule has 1 aliphatic heterocycles. The Morgan fingerprint density at radius 2 is 1.71 bits per heavy atom. The molecule has 1 aromatic rings. The van der Waals surface area contributed by atoms with Crippen LogP contribution in [-0.2, 0) is 4.79 Å². The van der Waals surface area contributed by atoms with Crippen LogP contribution in [0.2, 0.25) is 0 Å². The van der Waals surface area contributed by atoms with Crippen molar-refractivity contribution in [2.24, 2.45) is 0 Å². The van der Waals surface area contributed by atoms with Gasteiger partial charge < -0.3 is 14.5 Å². The molecular formula is C17H26N2O2. The standard InChI is InChI=1S/C17H26N2O2/c1-13(2)15-7-5-6-8-16(15)21-14(3)17(20)19-11-9-18(4)10-12-19/h5-8,13-14H,9-12H2,1-4H3/t14-/m0/s1. The first-order chi connectivity index (χ1) is 9.99. The van der Waals surface area contributed by atoms with Crippen LogP contribution in [-0.4, -0.2) is 55.0 Å². The molecule has 1 amide bonds. The van der Waals surface area contributed by atoms with E-state index in [1.165, 1.54) is 0 Å². The van der Waals surface area contributed by atoms with Crippen molar-refractivity contribution in [1.29, 1.82) is 0 Å². The van der Waals surface area contributed by atoms with Crippen molar-refractivity contribution in [3.05, 3.63) is 29.8 Å². The monoisotopic (exact) mass is 290 g/mol. The van der Waals surface area contributed by atoms with Gasteiger partial charge >= 0.3 is 0 Å². The predicted octanol–water partition coefficient (Wildman–Crippen LogP) is 2.35. The average molecular weight is 290 g/mol. The highest BCUT2D eigenvalue weighted by Crippen LogP contribution is 2.27. The molecule has 21 heavy (non-hydrogen) atoms. The van der Waals surface area contributed by atoms with Gasteiger partial charge in [0, 0.05) is 26.2 Å². The summed E-state index contributed by atoms with van der Waals surface area (Å²) >= 11 is 0. The maximum Gasteiger partial charge on any atom is 0.263 e. The summed E-state index contributed by atoms with van der Waals surface area (Å²) in [6, 6.07) is 7.97. The molecule has 0 N–H and O–H groups in total. The number of amides is 1. The van der Waals surface area contributed by atoms with E-state index in [0.29, 0.717) is 5.92 Å². The number of hydrogen-bond donors (Lipinski definition) is 0. The quantitative estimate of drug-likeness (QED) is 0.853. The lowest BCUT2D eigenvalue weighted by Crippen LogP contribution is -2.50. The molecule has 0 bridgehead atoms. The fraction of sp³-hybridized carbons (Fsp3) is 0.588. The molecule has 4 heteroatoms. The molecule has 0 aliphatic carbocycles. The zero-order valence-corrected chi connectivity index (χ0v) is 13.5. The molecule has 0 radical (unpaired) electrons. The zero-order chi connectivity index (χ0) is 15.4. The van der Waals surface area contributed by atoms with Crippen LogP contribution < -0.4 is 4.74 Å². The van der Waals surface area contributed by atoms with Gasteiger partial charge in [0.2, 0.25) is 0 Å². The molecule has 1 saturated heterocycles. The Labute approximate surface area is 127 Å². The topological polar surface area (TPSA) is 32.8 Å². The van der Waals surface area contributed by atoms with Crippen molar-refractivity contribution in [2.45, 2.75) is 32.8 Å². The number of ether oxygens (including phenoxy) is 1. The summed E-state index contributed by atoms with van der Waals surface area (Å²) in [6.07, 6.45) is -0.437. The van der Waals surface area contributed by atoms with Gasteiger partial charge in [-0.3, -0.25) is 4.79 Å². The SMILES string of the molecule is CC(C)c1ccccc1O[C@@H](C)C(=O)N1CCN(C)CC1. The number of benzene rings is 1. The predicted molar refractivity (Wildman–Crippen MR) is 84.7 cm³/mol. The van der Waals surface area contributed by atoms with Crippen LogP contribution in [0.15, 0.2) is 24.3 Å². The summed E-state index contributed by atoms with van der Waals surface area (Å²) in [5, 5.41) is 0. The molecule has 116 valence electrons. The van der Waals surface area contributed by atoms with Crippen LogP contribution in [0.5, 0.6) is 5.75 Å². The molecule has 4 nitrogen and oxygen atoms in total. The third kappa shape index (κ3) is 3.97. The molecule has 2 rings (SSSR count). The van der Waals surface area contributed by atoms with E-state index in [9.17, 15) is 4.79 Å². The molecule has 1 atom stereocenters. The second kappa shape index (κ2) is 6.94. The van der Waals surface area contributed by atoms with E-state index in [4.69, 9.17) is 4.74 Å². The van der Waals surface area contributed by atoms with E-state index in [1.807, 2.05) is 30.0 Å². The van der Waals surface area contributed by atoms with Crippen LogP contribution in [0, 0.1) is 0 Å². The normalized spacial score (nSPS) is 17.9. The van der Waals surface area contributed by atoms with Gasteiger partial charge in [0.05, 0.1) is 0 Å². The van der Waals surface area contributed by atoms with Gasteiger partial charge in [-0.2, -0.15) is 0 Å². The van der Waals surface area contributed by atoms with Crippen molar-refractivity contribution in [1.82, 2.24) is 9.80 Å². The highest BCUT2D eigenvalue weighted by molar-refractivity contribution is 5.81. The number of rotatable bonds is 4. The molecule has 0 aromatic heterocycles. The number of nitrogens with zero attached hydrogens (tertiary/aromatic N) is 2. The van der Waals surface area contributed by atoms with Crippen LogP contribution in [0.4, 0.5) is 0 Å². The average Bonchev–Trinajstić information content (AvgIpc) is 2.47. The molecule has 0 spiro atoms. The number of carbonyl (C=O) groups excluding carboxylic acids is 1. The van der Waals surface area contributed by atoms with Crippen LogP contribution in [0.25, 0.3) is 0 Å². The molecule has 1 heterocycles. The smallest absolute Gasteiger partial charge is 0.263 e. The molecule has 0 unspecified atom stereocenters. The maximum atomic E-state index is 12.5. The van der Waals surface area contributed by atoms with Crippen molar-refractivity contribution in [3.8, 4) is 5.75 Å². The van der Waals surface area contributed by atoms with E-state index in [2.05, 4.69) is 31.9 Å². The van der Waals surface area contributed by atoms with Gasteiger partial charge in [-0.25, -0.2) is 0 Å². The number of carbonyl (C=O) groups is 1. The minimum Gasteiger partial charge on any atom is -0.481 e. The lowest BCUT2D eigenvalue weighted by Gasteiger charge is -2.34. The first-order valence-electron chi connectivity index (χ1n) is 7.72. The summed E-state index contributed by atoms with van der Waals surface area (Å²) in [5.41, 5.74) is 1.15. The minimum absolute atomic E-state index is 0.0849. The molecule has 1 aromatic carbocycles. The highest BCUT2D eigenvalue weighted by Gasteiger charge is 2.25. The number of para-hydroxylation sites is 1. The van der Waals surface area contributed by atoms with Crippen molar-refractivity contribution >= 4 is 5.91 Å². The van der Waals surface area contributed by atoms with Gasteiger partial charge in [0.15, 0.2) is 6.10 Å². The van der Waals surface area contributed by atoms with Gasteiger partial charge in [-0.05, 0) is 31.5 Å². The molecule has 1 fully saturated rings. The summed E-state index contributed by atoms with van der Waals surface area (Å²) in [6.45, 7) is 9.55. The Kier molecular flexibility index (Phi) is 5.23. The Morgan fingerprint density at radius 1 is 1.10 bits per heavy atom. The van der Waals surface area contributed by atoms with Crippen molar-refractivity contribution < 1.29 is 9.53 Å². The summed E-state index contributed by atoms with van der Waals surface area (Å²) < 4.78 is 5.94. The number of likely N-dealkylation sites (N-methyl/N-ethyl adjacent to an activating group) is 1. The van der Waals surface area contributed by atoms with Crippen LogP contribution >= 0.6 is 0 Å². The Balaban J connectivity index is 2.01. The van der Waals surface area contributed by atoms with Gasteiger partial charge in [-0.1, -0.05) is 32.0 Å². The molecular weight excluding hydrogens is 264 g/mol. The highest BCUT2D eigenvalue weighted by atomic mass is 16.5. The summed E-state index contributed by atoms with van der Waals surface area (Å²) in [4.78, 5) is 16.6. The third-order valence-corrected chi connectivity index (χ3v) is 4.01. The lowest BCUT2D eigenvalue weighted by molar-refractivity contribution is -0.139. The van der Waals surface area contributed by atoms with Crippen LogP contribution in [0.1, 0.15) is 32.3 Å². The second-order valence-electron chi connectivity index (χ2n) is 6.08. The Morgan fingerprint density at radius 3 is 2.33 bits per heavy atom. The van der Waals surface area contributed by atoms with E-state index in [0.717, 1.165) is 37.5 Å². The second-order valence-corrected chi connectivity index (χ2v) is 6.08. The fourth-order valence-corrected chi connectivity index (χ4v) is 2.59. The Bertz CT molecular complexity index is 479. The zero-order valence-electron chi connectivity index (χ0n) is 13.5. The van der Waals surface area contributed by atoms with Crippen molar-refractivity contribution in [3.63, 3.8) is 0 Å². The maximum absolute atomic E-state index is 12.5.